The quantitative estimate of drug-likeness (QED) is 0.265. The van der Waals surface area contributed by atoms with Gasteiger partial charge in [-0.2, -0.15) is 5.10 Å². The monoisotopic (exact) mass is 567 g/mol. The molecule has 37 heavy (non-hydrogen) atoms. The molecule has 4 aromatic rings. The van der Waals surface area contributed by atoms with Gasteiger partial charge in [-0.3, -0.25) is 14.1 Å². The van der Waals surface area contributed by atoms with Crippen LogP contribution in [0.4, 0.5) is 0 Å². The first-order chi connectivity index (χ1) is 17.8. The lowest BCUT2D eigenvalue weighted by Gasteiger charge is -2.26. The van der Waals surface area contributed by atoms with Crippen molar-refractivity contribution in [2.45, 2.75) is 18.3 Å². The van der Waals surface area contributed by atoms with Crippen molar-refractivity contribution in [2.75, 3.05) is 39.1 Å². The Balaban J connectivity index is 1.36. The average molecular weight is 568 g/mol. The molecule has 2 N–H and O–H groups in total. The largest absolute Gasteiger partial charge is 0.422 e. The van der Waals surface area contributed by atoms with Crippen molar-refractivity contribution in [1.82, 2.24) is 34.6 Å². The van der Waals surface area contributed by atoms with Gasteiger partial charge >= 0.3 is 0 Å². The number of sulfone groups is 1. The summed E-state index contributed by atoms with van der Waals surface area (Å²) in [5.74, 6) is -0.163. The van der Waals surface area contributed by atoms with Crippen LogP contribution in [-0.4, -0.2) is 86.1 Å². The van der Waals surface area contributed by atoms with Gasteiger partial charge in [-0.25, -0.2) is 22.3 Å². The van der Waals surface area contributed by atoms with Crippen molar-refractivity contribution in [3.05, 3.63) is 47.4 Å². The Morgan fingerprint density at radius 3 is 2.78 bits per heavy atom. The van der Waals surface area contributed by atoms with Crippen LogP contribution in [0, 0.1) is 0 Å². The zero-order valence-electron chi connectivity index (χ0n) is 19.8. The van der Waals surface area contributed by atoms with Crippen molar-refractivity contribution in [3.63, 3.8) is 0 Å². The summed E-state index contributed by atoms with van der Waals surface area (Å²) >= 11 is -1.04. The summed E-state index contributed by atoms with van der Waals surface area (Å²) in [6.07, 6.45) is 4.89. The molecule has 1 aliphatic rings. The normalized spacial score (nSPS) is 16.8. The Morgan fingerprint density at radius 2 is 2.03 bits per heavy atom. The molecule has 0 radical (unpaired) electrons. The molecule has 0 saturated carbocycles. The Kier molecular flexibility index (Phi) is 7.75. The van der Waals surface area contributed by atoms with Gasteiger partial charge in [0.05, 0.1) is 42.7 Å². The summed E-state index contributed by atoms with van der Waals surface area (Å²) in [4.78, 5) is 6.88. The summed E-state index contributed by atoms with van der Waals surface area (Å²) in [7, 11) is -3.71. The lowest BCUT2D eigenvalue weighted by Crippen LogP contribution is -2.38. The summed E-state index contributed by atoms with van der Waals surface area (Å²) in [6, 6.07) is 5.73. The van der Waals surface area contributed by atoms with Gasteiger partial charge < -0.3 is 9.15 Å². The van der Waals surface area contributed by atoms with Gasteiger partial charge in [-0.1, -0.05) is 6.07 Å². The lowest BCUT2D eigenvalue weighted by atomic mass is 10.1. The highest BCUT2D eigenvalue weighted by Gasteiger charge is 2.34. The van der Waals surface area contributed by atoms with Crippen LogP contribution in [0.3, 0.4) is 0 Å². The summed E-state index contributed by atoms with van der Waals surface area (Å²) in [5.41, 5.74) is 2.54. The van der Waals surface area contributed by atoms with Crippen LogP contribution in [0.1, 0.15) is 22.0 Å². The van der Waals surface area contributed by atoms with Gasteiger partial charge in [0.25, 0.3) is 0 Å². The number of hydrogen-bond donors (Lipinski definition) is 2. The van der Waals surface area contributed by atoms with Crippen LogP contribution >= 0.6 is 11.3 Å². The molecule has 0 aliphatic carbocycles. The first-order valence-electron chi connectivity index (χ1n) is 11.4. The van der Waals surface area contributed by atoms with Crippen LogP contribution in [0.25, 0.3) is 21.3 Å². The number of nitrogens with one attached hydrogen (secondary N) is 1. The van der Waals surface area contributed by atoms with Gasteiger partial charge in [-0.15, -0.1) is 21.5 Å². The standard InChI is InChI=1S/C21H25N7O6S3/c1-37(31,32)19(20-26-25-18(34-20)12-23-36(29)30)21-24-16-3-2-14(10-17(16)35-21)15-11-22-28(13-15)5-4-27-6-8-33-9-7-27/h2-3,10-11,13,19,23H,4-9,12H2,1H3,(H,29,30). The fourth-order valence-electron chi connectivity index (χ4n) is 3.98. The third-order valence-electron chi connectivity index (χ3n) is 5.83. The zero-order valence-corrected chi connectivity index (χ0v) is 22.3. The number of morpholine rings is 1. The van der Waals surface area contributed by atoms with Gasteiger partial charge in [-0.05, 0) is 17.7 Å². The SMILES string of the molecule is CS(=O)(=O)C(c1nnc(CNS(=O)O)o1)c1nc2ccc(-c3cnn(CCN4CCOCC4)c3)cc2s1. The smallest absolute Gasteiger partial charge is 0.241 e. The highest BCUT2D eigenvalue weighted by atomic mass is 32.2. The maximum Gasteiger partial charge on any atom is 0.241 e. The van der Waals surface area contributed by atoms with E-state index >= 15 is 0 Å². The molecule has 0 amide bonds. The highest BCUT2D eigenvalue weighted by molar-refractivity contribution is 7.91. The molecule has 0 spiro atoms. The first-order valence-corrected chi connectivity index (χ1v) is 15.2. The summed E-state index contributed by atoms with van der Waals surface area (Å²) in [6.45, 7) is 4.88. The van der Waals surface area contributed by atoms with E-state index < -0.39 is 26.4 Å². The minimum atomic E-state index is -3.71. The average Bonchev–Trinajstić information content (AvgIpc) is 3.61. The Morgan fingerprint density at radius 1 is 1.22 bits per heavy atom. The Bertz CT molecular complexity index is 1510. The fraction of sp³-hybridized carbons (Fsp3) is 0.429. The lowest BCUT2D eigenvalue weighted by molar-refractivity contribution is 0.0360. The molecule has 1 aliphatic heterocycles. The fourth-order valence-corrected chi connectivity index (χ4v) is 6.75. The van der Waals surface area contributed by atoms with E-state index in [1.54, 1.807) is 0 Å². The molecular formula is C21H25N7O6S3. The van der Waals surface area contributed by atoms with Gasteiger partial charge in [0.2, 0.25) is 23.0 Å². The van der Waals surface area contributed by atoms with E-state index in [-0.39, 0.29) is 18.3 Å². The van der Waals surface area contributed by atoms with E-state index in [2.05, 4.69) is 29.9 Å². The van der Waals surface area contributed by atoms with Crippen LogP contribution in [-0.2, 0) is 38.9 Å². The van der Waals surface area contributed by atoms with Crippen molar-refractivity contribution in [3.8, 4) is 11.1 Å². The molecule has 3 aromatic heterocycles. The molecule has 2 atom stereocenters. The van der Waals surface area contributed by atoms with Crippen LogP contribution < -0.4 is 4.72 Å². The molecule has 13 nitrogen and oxygen atoms in total. The predicted molar refractivity (Wildman–Crippen MR) is 137 cm³/mol. The molecule has 1 saturated heterocycles. The molecular weight excluding hydrogens is 542 g/mol. The van der Waals surface area contributed by atoms with Gasteiger partial charge in [0.15, 0.2) is 15.1 Å². The Hall–Kier alpha value is -2.60. The molecule has 0 bridgehead atoms. The predicted octanol–water partition coefficient (Wildman–Crippen LogP) is 1.24. The third kappa shape index (κ3) is 6.28. The number of fused-ring (bicyclic) bond motifs is 1. The van der Waals surface area contributed by atoms with Crippen molar-refractivity contribution in [1.29, 1.82) is 0 Å². The van der Waals surface area contributed by atoms with E-state index in [0.29, 0.717) is 10.5 Å². The molecule has 4 heterocycles. The number of hydrogen-bond acceptors (Lipinski definition) is 11. The van der Waals surface area contributed by atoms with Crippen LogP contribution in [0.15, 0.2) is 35.0 Å². The number of ether oxygens (including phenoxy) is 1. The van der Waals surface area contributed by atoms with E-state index in [1.807, 2.05) is 35.3 Å². The van der Waals surface area contributed by atoms with Crippen LogP contribution in [0.2, 0.25) is 0 Å². The third-order valence-corrected chi connectivity index (χ3v) is 8.73. The molecule has 16 heteroatoms. The first kappa shape index (κ1) is 26.0. The minimum Gasteiger partial charge on any atom is -0.422 e. The second-order valence-electron chi connectivity index (χ2n) is 8.49. The summed E-state index contributed by atoms with van der Waals surface area (Å²) in [5, 5.41) is 11.2. The number of thiazole rings is 1. The number of rotatable bonds is 10. The number of aromatic nitrogens is 5. The summed E-state index contributed by atoms with van der Waals surface area (Å²) < 4.78 is 60.8. The highest BCUT2D eigenvalue weighted by Crippen LogP contribution is 2.36. The van der Waals surface area contributed by atoms with E-state index in [4.69, 9.17) is 13.7 Å². The molecule has 198 valence electrons. The second kappa shape index (κ2) is 11.0. The topological polar surface area (TPSA) is 166 Å². The van der Waals surface area contributed by atoms with Gasteiger partial charge in [0.1, 0.15) is 5.01 Å². The molecule has 1 aromatic carbocycles. The molecule has 1 fully saturated rings. The van der Waals surface area contributed by atoms with Crippen molar-refractivity contribution < 1.29 is 26.3 Å². The van der Waals surface area contributed by atoms with Crippen molar-refractivity contribution in [2.24, 2.45) is 0 Å². The molecule has 2 unspecified atom stereocenters. The zero-order chi connectivity index (χ0) is 26.0. The second-order valence-corrected chi connectivity index (χ2v) is 12.5. The van der Waals surface area contributed by atoms with E-state index in [0.717, 1.165) is 61.5 Å². The van der Waals surface area contributed by atoms with E-state index in [1.165, 1.54) is 11.3 Å². The maximum atomic E-state index is 12.7. The number of benzene rings is 1. The molecule has 5 rings (SSSR count). The van der Waals surface area contributed by atoms with Crippen LogP contribution in [0.5, 0.6) is 0 Å². The van der Waals surface area contributed by atoms with Gasteiger partial charge in [0, 0.05) is 37.7 Å². The Labute approximate surface area is 219 Å². The number of nitrogens with zero attached hydrogens (tertiary/aromatic N) is 6. The van der Waals surface area contributed by atoms with Crippen molar-refractivity contribution >= 4 is 42.7 Å². The minimum absolute atomic E-state index is 0.0138. The maximum absolute atomic E-state index is 12.7. The van der Waals surface area contributed by atoms with E-state index in [9.17, 15) is 12.6 Å².